The molecule has 0 aliphatic heterocycles. The van der Waals surface area contributed by atoms with E-state index in [2.05, 4.69) is 4.74 Å². The average molecular weight is 179 g/mol. The minimum atomic E-state index is 0.0965. The van der Waals surface area contributed by atoms with Crippen molar-refractivity contribution in [3.8, 4) is 0 Å². The van der Waals surface area contributed by atoms with E-state index in [0.29, 0.717) is 0 Å². The van der Waals surface area contributed by atoms with E-state index in [1.165, 1.54) is 20.4 Å². The minimum absolute atomic E-state index is 0.0965. The summed E-state index contributed by atoms with van der Waals surface area (Å²) in [7, 11) is 2.84. The fourth-order valence-corrected chi connectivity index (χ4v) is 0.654. The van der Waals surface area contributed by atoms with Crippen molar-refractivity contribution in [1.82, 2.24) is 0 Å². The van der Waals surface area contributed by atoms with Gasteiger partial charge in [-0.2, -0.15) is 0 Å². The highest BCUT2D eigenvalue weighted by atomic mass is 35.5. The Bertz CT molecular complexity index is 189. The van der Waals surface area contributed by atoms with Crippen molar-refractivity contribution in [2.75, 3.05) is 14.2 Å². The van der Waals surface area contributed by atoms with Crippen LogP contribution in [-0.4, -0.2) is 14.2 Å². The van der Waals surface area contributed by atoms with Gasteiger partial charge in [0.1, 0.15) is 5.03 Å². The first-order valence-corrected chi connectivity index (χ1v) is 3.20. The van der Waals surface area contributed by atoms with Crippen LogP contribution >= 0.6 is 11.6 Å². The van der Waals surface area contributed by atoms with E-state index in [9.17, 15) is 0 Å². The molecule has 0 atom stereocenters. The molecule has 0 rings (SSSR count). The summed E-state index contributed by atoms with van der Waals surface area (Å²) in [6.07, 6.45) is 1.17. The number of nitrogens with two attached hydrogens (primary N) is 2. The van der Waals surface area contributed by atoms with Crippen molar-refractivity contribution in [2.24, 2.45) is 11.5 Å². The normalized spacial score (nSPS) is 13.9. The predicted octanol–water partition coefficient (Wildman–Crippen LogP) is 0.446. The minimum Gasteiger partial charge on any atom is -0.490 e. The first-order chi connectivity index (χ1) is 5.17. The predicted molar refractivity (Wildman–Crippen MR) is 43.4 cm³/mol. The molecule has 5 heteroatoms. The van der Waals surface area contributed by atoms with Gasteiger partial charge in [-0.3, -0.25) is 0 Å². The molecule has 4 nitrogen and oxygen atoms in total. The van der Waals surface area contributed by atoms with Crippen LogP contribution in [0.15, 0.2) is 22.9 Å². The Hall–Kier alpha value is -1.03. The largest absolute Gasteiger partial charge is 0.490 e. The second kappa shape index (κ2) is 4.73. The van der Waals surface area contributed by atoms with Crippen molar-refractivity contribution >= 4 is 11.6 Å². The smallest absolute Gasteiger partial charge is 0.229 e. The van der Waals surface area contributed by atoms with Crippen LogP contribution in [0.3, 0.4) is 0 Å². The lowest BCUT2D eigenvalue weighted by Gasteiger charge is -2.07. The van der Waals surface area contributed by atoms with Gasteiger partial charge in [0.15, 0.2) is 5.76 Å². The molecule has 0 amide bonds. The van der Waals surface area contributed by atoms with Gasteiger partial charge in [-0.05, 0) is 0 Å². The average Bonchev–Trinajstić information content (AvgIpc) is 2.05. The quantitative estimate of drug-likeness (QED) is 0.486. The van der Waals surface area contributed by atoms with E-state index in [1.54, 1.807) is 0 Å². The molecule has 0 aromatic carbocycles. The van der Waals surface area contributed by atoms with Crippen molar-refractivity contribution in [2.45, 2.75) is 0 Å². The molecule has 0 bridgehead atoms. The fourth-order valence-electron chi connectivity index (χ4n) is 0.484. The van der Waals surface area contributed by atoms with Crippen LogP contribution in [0.4, 0.5) is 0 Å². The Balaban J connectivity index is 4.65. The number of rotatable bonds is 3. The summed E-state index contributed by atoms with van der Waals surface area (Å²) < 4.78 is 9.48. The highest BCUT2D eigenvalue weighted by molar-refractivity contribution is 6.31. The first-order valence-electron chi connectivity index (χ1n) is 2.82. The maximum atomic E-state index is 5.60. The second-order valence-electron chi connectivity index (χ2n) is 1.62. The molecule has 0 aliphatic carbocycles. The van der Waals surface area contributed by atoms with Crippen LogP contribution in [0.2, 0.25) is 0 Å². The highest BCUT2D eigenvalue weighted by Gasteiger charge is 2.07. The van der Waals surface area contributed by atoms with Gasteiger partial charge in [-0.25, -0.2) is 0 Å². The van der Waals surface area contributed by atoms with Gasteiger partial charge in [0.25, 0.3) is 0 Å². The summed E-state index contributed by atoms with van der Waals surface area (Å²) in [4.78, 5) is 0. The third-order valence-electron chi connectivity index (χ3n) is 1.01. The Kier molecular flexibility index (Phi) is 4.29. The van der Waals surface area contributed by atoms with Crippen LogP contribution < -0.4 is 11.5 Å². The summed E-state index contributed by atoms with van der Waals surface area (Å²) in [5, 5.41) is 0.215. The molecular weight excluding hydrogens is 168 g/mol. The Morgan fingerprint density at radius 1 is 1.36 bits per heavy atom. The van der Waals surface area contributed by atoms with Gasteiger partial charge in [-0.1, -0.05) is 11.6 Å². The number of methoxy groups -OCH3 is 2. The van der Waals surface area contributed by atoms with Crippen molar-refractivity contribution in [3.63, 3.8) is 0 Å². The van der Waals surface area contributed by atoms with E-state index in [0.717, 1.165) is 0 Å². The zero-order valence-electron chi connectivity index (χ0n) is 6.43. The van der Waals surface area contributed by atoms with Gasteiger partial charge in [0.05, 0.1) is 14.2 Å². The van der Waals surface area contributed by atoms with Gasteiger partial charge in [-0.15, -0.1) is 0 Å². The topological polar surface area (TPSA) is 70.5 Å². The zero-order chi connectivity index (χ0) is 8.85. The van der Waals surface area contributed by atoms with Crippen molar-refractivity contribution < 1.29 is 9.47 Å². The summed E-state index contributed by atoms with van der Waals surface area (Å²) in [5.41, 5.74) is 10.5. The third kappa shape index (κ3) is 2.59. The molecule has 64 valence electrons. The SMILES string of the molecule is CO/C(N)=C(OC)/C(Cl)=C\N. The van der Waals surface area contributed by atoms with Crippen molar-refractivity contribution in [1.29, 1.82) is 0 Å². The van der Waals surface area contributed by atoms with Crippen LogP contribution in [0, 0.1) is 0 Å². The standard InChI is InChI=1S/C6H11ClN2O2/c1-10-5(4(7)3-8)6(9)11-2/h3H,8-9H2,1-2H3/b4-3+,6-5-. The van der Waals surface area contributed by atoms with Crippen LogP contribution in [0.25, 0.3) is 0 Å². The van der Waals surface area contributed by atoms with E-state index in [4.69, 9.17) is 27.8 Å². The molecule has 0 unspecified atom stereocenters. The fraction of sp³-hybridized carbons (Fsp3) is 0.333. The molecule has 0 aromatic rings. The van der Waals surface area contributed by atoms with E-state index in [1.807, 2.05) is 0 Å². The van der Waals surface area contributed by atoms with Crippen molar-refractivity contribution in [3.05, 3.63) is 22.9 Å². The summed E-state index contributed by atoms with van der Waals surface area (Å²) in [6.45, 7) is 0. The molecule has 0 fully saturated rings. The van der Waals surface area contributed by atoms with Crippen LogP contribution in [-0.2, 0) is 9.47 Å². The second-order valence-corrected chi connectivity index (χ2v) is 2.02. The van der Waals surface area contributed by atoms with Gasteiger partial charge in [0, 0.05) is 6.20 Å². The lowest BCUT2D eigenvalue weighted by atomic mass is 10.5. The van der Waals surface area contributed by atoms with Gasteiger partial charge < -0.3 is 20.9 Å². The lowest BCUT2D eigenvalue weighted by Crippen LogP contribution is -2.07. The zero-order valence-corrected chi connectivity index (χ0v) is 7.18. The first kappa shape index (κ1) is 9.97. The molecule has 11 heavy (non-hydrogen) atoms. The summed E-state index contributed by atoms with van der Waals surface area (Å²) in [5.74, 6) is 0.330. The van der Waals surface area contributed by atoms with Crippen LogP contribution in [0.1, 0.15) is 0 Å². The van der Waals surface area contributed by atoms with Gasteiger partial charge >= 0.3 is 0 Å². The number of halogens is 1. The van der Waals surface area contributed by atoms with Crippen LogP contribution in [0.5, 0.6) is 0 Å². The Morgan fingerprint density at radius 3 is 2.18 bits per heavy atom. The molecule has 0 spiro atoms. The maximum absolute atomic E-state index is 5.60. The molecule has 0 aliphatic rings. The number of ether oxygens (including phenoxy) is 2. The Labute approximate surface area is 70.4 Å². The van der Waals surface area contributed by atoms with E-state index >= 15 is 0 Å². The van der Waals surface area contributed by atoms with E-state index in [-0.39, 0.29) is 16.7 Å². The van der Waals surface area contributed by atoms with E-state index < -0.39 is 0 Å². The summed E-state index contributed by atoms with van der Waals surface area (Å²) >= 11 is 5.60. The monoisotopic (exact) mass is 178 g/mol. The number of hydrogen-bond acceptors (Lipinski definition) is 4. The number of allylic oxidation sites excluding steroid dienone is 1. The van der Waals surface area contributed by atoms with Gasteiger partial charge in [0.2, 0.25) is 5.88 Å². The third-order valence-corrected chi connectivity index (χ3v) is 1.31. The Morgan fingerprint density at radius 2 is 1.91 bits per heavy atom. The molecule has 0 saturated heterocycles. The molecule has 0 radical (unpaired) electrons. The molecular formula is C6H11ClN2O2. The summed E-state index contributed by atoms with van der Waals surface area (Å²) in [6, 6.07) is 0. The number of hydrogen-bond donors (Lipinski definition) is 2. The lowest BCUT2D eigenvalue weighted by molar-refractivity contribution is 0.227. The highest BCUT2D eigenvalue weighted by Crippen LogP contribution is 2.15. The maximum Gasteiger partial charge on any atom is 0.229 e. The molecule has 0 saturated carbocycles. The molecule has 0 heterocycles. The molecule has 4 N–H and O–H groups in total. The molecule has 0 aromatic heterocycles.